The first-order valence-corrected chi connectivity index (χ1v) is 12.2. The fourth-order valence-electron chi connectivity index (χ4n) is 3.68. The summed E-state index contributed by atoms with van der Waals surface area (Å²) in [5.41, 5.74) is 5.70. The number of nitrogens with two attached hydrogens (primary N) is 1. The van der Waals surface area contributed by atoms with E-state index in [0.717, 1.165) is 24.9 Å². The number of hydrogen-bond donors (Lipinski definition) is 1. The molecule has 1 atom stereocenters. The molecule has 27 heavy (non-hydrogen) atoms. The molecular weight excluding hydrogens is 330 g/mol. The first-order chi connectivity index (χ1) is 13.0. The van der Waals surface area contributed by atoms with Crippen molar-refractivity contribution >= 4 is 0 Å². The minimum absolute atomic E-state index is 0.701. The first kappa shape index (κ1) is 29.1. The Bertz CT molecular complexity index is 277. The van der Waals surface area contributed by atoms with E-state index < -0.39 is 0 Å². The largest absolute Gasteiger partial charge is 0.330 e. The van der Waals surface area contributed by atoms with Gasteiger partial charge < -0.3 is 5.73 Å². The van der Waals surface area contributed by atoms with E-state index in [1.807, 2.05) is 13.8 Å². The Morgan fingerprint density at radius 1 is 0.667 bits per heavy atom. The van der Waals surface area contributed by atoms with Gasteiger partial charge in [-0.15, -0.1) is 0 Å². The Kier molecular flexibility index (Phi) is 22.2. The average Bonchev–Trinajstić information content (AvgIpc) is 2.68. The van der Waals surface area contributed by atoms with Gasteiger partial charge in [-0.05, 0) is 71.0 Å². The summed E-state index contributed by atoms with van der Waals surface area (Å²) in [5, 5.41) is 0. The van der Waals surface area contributed by atoms with Crippen molar-refractivity contribution in [1.82, 2.24) is 9.80 Å². The molecular formula is C24H55N3. The van der Waals surface area contributed by atoms with Crippen LogP contribution in [0.4, 0.5) is 0 Å². The van der Waals surface area contributed by atoms with Crippen molar-refractivity contribution in [3.63, 3.8) is 0 Å². The standard InChI is InChI=1S/C22H49N3.C2H6/c1-7-21(6)24(16-12-10-14-20(4)5)18-19-25(17-13-11-15-23)22(8-2)9-3;1-2/h20-22H,7-19,23H2,1-6H3;1-2H3. The molecule has 0 spiro atoms. The second-order valence-corrected chi connectivity index (χ2v) is 8.18. The summed E-state index contributed by atoms with van der Waals surface area (Å²) < 4.78 is 0. The second kappa shape index (κ2) is 20.6. The minimum atomic E-state index is 0.701. The van der Waals surface area contributed by atoms with Crippen molar-refractivity contribution in [2.24, 2.45) is 11.7 Å². The molecule has 0 aromatic rings. The van der Waals surface area contributed by atoms with Crippen molar-refractivity contribution in [3.05, 3.63) is 0 Å². The van der Waals surface area contributed by atoms with Gasteiger partial charge in [0, 0.05) is 25.2 Å². The van der Waals surface area contributed by atoms with Crippen LogP contribution in [0.25, 0.3) is 0 Å². The Hall–Kier alpha value is -0.120. The van der Waals surface area contributed by atoms with Gasteiger partial charge in [0.1, 0.15) is 0 Å². The van der Waals surface area contributed by atoms with Crippen LogP contribution < -0.4 is 5.73 Å². The average molecular weight is 386 g/mol. The monoisotopic (exact) mass is 385 g/mol. The van der Waals surface area contributed by atoms with Crippen molar-refractivity contribution < 1.29 is 0 Å². The van der Waals surface area contributed by atoms with Crippen LogP contribution in [0, 0.1) is 5.92 Å². The molecule has 0 amide bonds. The molecule has 166 valence electrons. The fraction of sp³-hybridized carbons (Fsp3) is 1.00. The molecule has 0 aliphatic heterocycles. The summed E-state index contributed by atoms with van der Waals surface area (Å²) in [5.74, 6) is 0.838. The molecule has 0 aromatic heterocycles. The number of unbranched alkanes of at least 4 members (excludes halogenated alkanes) is 2. The molecule has 2 N–H and O–H groups in total. The van der Waals surface area contributed by atoms with Crippen LogP contribution in [0.1, 0.15) is 107 Å². The summed E-state index contributed by atoms with van der Waals surface area (Å²) in [7, 11) is 0. The third-order valence-corrected chi connectivity index (χ3v) is 5.72. The molecule has 3 nitrogen and oxygen atoms in total. The van der Waals surface area contributed by atoms with Crippen LogP contribution in [0.2, 0.25) is 0 Å². The molecule has 0 aliphatic carbocycles. The van der Waals surface area contributed by atoms with Crippen LogP contribution in [-0.2, 0) is 0 Å². The third-order valence-electron chi connectivity index (χ3n) is 5.72. The van der Waals surface area contributed by atoms with E-state index >= 15 is 0 Å². The zero-order valence-electron chi connectivity index (χ0n) is 20.4. The fourth-order valence-corrected chi connectivity index (χ4v) is 3.68. The van der Waals surface area contributed by atoms with Gasteiger partial charge in [-0.25, -0.2) is 0 Å². The van der Waals surface area contributed by atoms with Crippen LogP contribution in [0.5, 0.6) is 0 Å². The highest BCUT2D eigenvalue weighted by Crippen LogP contribution is 2.13. The predicted molar refractivity (Wildman–Crippen MR) is 126 cm³/mol. The lowest BCUT2D eigenvalue weighted by atomic mass is 10.1. The lowest BCUT2D eigenvalue weighted by Gasteiger charge is -2.35. The highest BCUT2D eigenvalue weighted by Gasteiger charge is 2.18. The second-order valence-electron chi connectivity index (χ2n) is 8.18. The smallest absolute Gasteiger partial charge is 0.0112 e. The Balaban J connectivity index is 0. The summed E-state index contributed by atoms with van der Waals surface area (Å²) in [6, 6.07) is 1.43. The van der Waals surface area contributed by atoms with Gasteiger partial charge in [-0.1, -0.05) is 61.3 Å². The maximum Gasteiger partial charge on any atom is 0.0112 e. The molecule has 0 fully saturated rings. The molecule has 0 saturated carbocycles. The minimum Gasteiger partial charge on any atom is -0.330 e. The first-order valence-electron chi connectivity index (χ1n) is 12.2. The van der Waals surface area contributed by atoms with E-state index in [1.165, 1.54) is 71.1 Å². The Morgan fingerprint density at radius 3 is 1.67 bits per heavy atom. The van der Waals surface area contributed by atoms with Gasteiger partial charge in [0.15, 0.2) is 0 Å². The van der Waals surface area contributed by atoms with Gasteiger partial charge in [-0.2, -0.15) is 0 Å². The summed E-state index contributed by atoms with van der Waals surface area (Å²) in [4.78, 5) is 5.47. The van der Waals surface area contributed by atoms with Gasteiger partial charge in [0.2, 0.25) is 0 Å². The molecule has 0 saturated heterocycles. The normalized spacial score (nSPS) is 12.8. The Morgan fingerprint density at radius 2 is 1.19 bits per heavy atom. The van der Waals surface area contributed by atoms with E-state index in [0.29, 0.717) is 6.04 Å². The van der Waals surface area contributed by atoms with Gasteiger partial charge in [0.25, 0.3) is 0 Å². The lowest BCUT2D eigenvalue weighted by Crippen LogP contribution is -2.44. The van der Waals surface area contributed by atoms with Crippen molar-refractivity contribution in [2.45, 2.75) is 119 Å². The molecule has 1 unspecified atom stereocenters. The maximum absolute atomic E-state index is 5.70. The van der Waals surface area contributed by atoms with Crippen molar-refractivity contribution in [2.75, 3.05) is 32.7 Å². The maximum atomic E-state index is 5.70. The molecule has 0 bridgehead atoms. The van der Waals surface area contributed by atoms with Crippen LogP contribution in [0.3, 0.4) is 0 Å². The predicted octanol–water partition coefficient (Wildman–Crippen LogP) is 6.17. The van der Waals surface area contributed by atoms with E-state index in [1.54, 1.807) is 0 Å². The summed E-state index contributed by atoms with van der Waals surface area (Å²) in [6.07, 6.45) is 10.3. The Labute approximate surface area is 173 Å². The molecule has 0 heterocycles. The number of nitrogens with zero attached hydrogens (tertiary/aromatic N) is 2. The highest BCUT2D eigenvalue weighted by molar-refractivity contribution is 4.74. The van der Waals surface area contributed by atoms with E-state index in [2.05, 4.69) is 51.3 Å². The number of rotatable bonds is 17. The SMILES string of the molecule is CC.CCC(C)N(CCCCC(C)C)CCN(CCCCN)C(CC)CC. The van der Waals surface area contributed by atoms with Crippen molar-refractivity contribution in [1.29, 1.82) is 0 Å². The summed E-state index contributed by atoms with van der Waals surface area (Å²) in [6.45, 7) is 23.8. The van der Waals surface area contributed by atoms with E-state index in [-0.39, 0.29) is 0 Å². The van der Waals surface area contributed by atoms with E-state index in [9.17, 15) is 0 Å². The topological polar surface area (TPSA) is 32.5 Å². The van der Waals surface area contributed by atoms with Gasteiger partial charge in [-0.3, -0.25) is 9.80 Å². The van der Waals surface area contributed by atoms with Crippen molar-refractivity contribution in [3.8, 4) is 0 Å². The third kappa shape index (κ3) is 15.5. The van der Waals surface area contributed by atoms with Crippen LogP contribution >= 0.6 is 0 Å². The molecule has 0 aromatic carbocycles. The molecule has 0 rings (SSSR count). The highest BCUT2D eigenvalue weighted by atomic mass is 15.2. The number of hydrogen-bond acceptors (Lipinski definition) is 3. The molecule has 0 radical (unpaired) electrons. The van der Waals surface area contributed by atoms with Gasteiger partial charge >= 0.3 is 0 Å². The molecule has 3 heteroatoms. The van der Waals surface area contributed by atoms with Gasteiger partial charge in [0.05, 0.1) is 0 Å². The molecule has 0 aliphatic rings. The quantitative estimate of drug-likeness (QED) is 0.304. The van der Waals surface area contributed by atoms with Crippen LogP contribution in [-0.4, -0.2) is 54.6 Å². The zero-order chi connectivity index (χ0) is 21.1. The van der Waals surface area contributed by atoms with Crippen LogP contribution in [0.15, 0.2) is 0 Å². The lowest BCUT2D eigenvalue weighted by molar-refractivity contribution is 0.128. The van der Waals surface area contributed by atoms with E-state index in [4.69, 9.17) is 5.73 Å². The zero-order valence-corrected chi connectivity index (χ0v) is 20.4. The summed E-state index contributed by atoms with van der Waals surface area (Å²) >= 11 is 0.